The molecule has 86 valence electrons. The zero-order chi connectivity index (χ0) is 12.1. The lowest BCUT2D eigenvalue weighted by Gasteiger charge is -2.07. The third-order valence-electron chi connectivity index (χ3n) is 2.14. The number of hydrogen-bond donors (Lipinski definition) is 2. The van der Waals surface area contributed by atoms with Gasteiger partial charge in [-0.25, -0.2) is 4.39 Å². The van der Waals surface area contributed by atoms with Gasteiger partial charge in [-0.2, -0.15) is 0 Å². The third kappa shape index (κ3) is 3.13. The molecule has 0 bridgehead atoms. The van der Waals surface area contributed by atoms with Crippen LogP contribution in [-0.2, 0) is 11.2 Å². The Morgan fingerprint density at radius 3 is 2.69 bits per heavy atom. The Balaban J connectivity index is 2.82. The van der Waals surface area contributed by atoms with E-state index in [1.54, 1.807) is 12.1 Å². The first-order valence-corrected chi connectivity index (χ1v) is 4.71. The number of Topliss-reactive ketones (excluding diaryl/α,β-unsaturated/α-hetero) is 1. The second kappa shape index (κ2) is 5.37. The van der Waals surface area contributed by atoms with Gasteiger partial charge in [0.15, 0.2) is 12.5 Å². The fourth-order valence-corrected chi connectivity index (χ4v) is 1.29. The number of carbonyl (C=O) groups is 2. The molecule has 0 saturated heterocycles. The molecule has 0 aliphatic rings. The highest BCUT2D eigenvalue weighted by atomic mass is 19.1. The van der Waals surface area contributed by atoms with Crippen molar-refractivity contribution < 1.29 is 19.1 Å². The topological polar surface area (TPSA) is 80.4 Å². The SMILES string of the molecule is NC(Cc1cccc(C(=O)CF)c1)C(=O)O. The minimum atomic E-state index is -1.11. The summed E-state index contributed by atoms with van der Waals surface area (Å²) in [6, 6.07) is 5.16. The summed E-state index contributed by atoms with van der Waals surface area (Å²) in [7, 11) is 0. The molecule has 0 aromatic heterocycles. The Kier molecular flexibility index (Phi) is 4.13. The summed E-state index contributed by atoms with van der Waals surface area (Å²) in [5.74, 6) is -1.73. The molecule has 4 nitrogen and oxygen atoms in total. The maximum Gasteiger partial charge on any atom is 0.320 e. The summed E-state index contributed by atoms with van der Waals surface area (Å²) < 4.78 is 12.1. The molecular weight excluding hydrogens is 213 g/mol. The van der Waals surface area contributed by atoms with Crippen molar-refractivity contribution in [3.63, 3.8) is 0 Å². The molecule has 0 aliphatic carbocycles. The van der Waals surface area contributed by atoms with E-state index in [9.17, 15) is 14.0 Å². The Hall–Kier alpha value is -1.75. The highest BCUT2D eigenvalue weighted by molar-refractivity contribution is 5.97. The van der Waals surface area contributed by atoms with Gasteiger partial charge in [-0.3, -0.25) is 9.59 Å². The molecule has 16 heavy (non-hydrogen) atoms. The van der Waals surface area contributed by atoms with Crippen LogP contribution < -0.4 is 5.73 Å². The molecule has 0 amide bonds. The fourth-order valence-electron chi connectivity index (χ4n) is 1.29. The maximum absolute atomic E-state index is 12.1. The average molecular weight is 225 g/mol. The predicted molar refractivity (Wildman–Crippen MR) is 56.1 cm³/mol. The smallest absolute Gasteiger partial charge is 0.320 e. The van der Waals surface area contributed by atoms with Crippen LogP contribution in [0.25, 0.3) is 0 Å². The molecule has 1 aromatic rings. The van der Waals surface area contributed by atoms with E-state index in [2.05, 4.69) is 0 Å². The predicted octanol–water partition coefficient (Wildman–Crippen LogP) is 0.793. The summed E-state index contributed by atoms with van der Waals surface area (Å²) in [4.78, 5) is 21.6. The zero-order valence-corrected chi connectivity index (χ0v) is 8.52. The van der Waals surface area contributed by atoms with Gasteiger partial charge in [-0.1, -0.05) is 18.2 Å². The lowest BCUT2D eigenvalue weighted by atomic mass is 10.0. The van der Waals surface area contributed by atoms with E-state index in [1.165, 1.54) is 12.1 Å². The van der Waals surface area contributed by atoms with Gasteiger partial charge in [-0.15, -0.1) is 0 Å². The van der Waals surface area contributed by atoms with Crippen LogP contribution in [0.2, 0.25) is 0 Å². The Bertz CT molecular complexity index is 406. The minimum Gasteiger partial charge on any atom is -0.480 e. The van der Waals surface area contributed by atoms with Gasteiger partial charge in [0, 0.05) is 5.56 Å². The number of benzene rings is 1. The van der Waals surface area contributed by atoms with Crippen LogP contribution in [0.4, 0.5) is 4.39 Å². The summed E-state index contributed by atoms with van der Waals surface area (Å²) in [5, 5.41) is 8.62. The Morgan fingerprint density at radius 2 is 2.12 bits per heavy atom. The standard InChI is InChI=1S/C11H12FNO3/c12-6-10(14)8-3-1-2-7(4-8)5-9(13)11(15)16/h1-4,9H,5-6,13H2,(H,15,16). The van der Waals surface area contributed by atoms with Crippen LogP contribution >= 0.6 is 0 Å². The first kappa shape index (κ1) is 12.3. The number of nitrogens with two attached hydrogens (primary N) is 1. The van der Waals surface area contributed by atoms with Gasteiger partial charge in [0.2, 0.25) is 0 Å². The minimum absolute atomic E-state index is 0.114. The first-order valence-electron chi connectivity index (χ1n) is 4.71. The Morgan fingerprint density at radius 1 is 1.44 bits per heavy atom. The number of halogens is 1. The van der Waals surface area contributed by atoms with Crippen LogP contribution in [0.3, 0.4) is 0 Å². The van der Waals surface area contributed by atoms with Gasteiger partial charge in [0.25, 0.3) is 0 Å². The van der Waals surface area contributed by atoms with Gasteiger partial charge in [0.1, 0.15) is 6.04 Å². The molecule has 1 atom stereocenters. The van der Waals surface area contributed by atoms with Crippen LogP contribution in [0, 0.1) is 0 Å². The molecule has 0 radical (unpaired) electrons. The monoisotopic (exact) mass is 225 g/mol. The highest BCUT2D eigenvalue weighted by Crippen LogP contribution is 2.08. The van der Waals surface area contributed by atoms with Crippen molar-refractivity contribution in [1.82, 2.24) is 0 Å². The van der Waals surface area contributed by atoms with E-state index < -0.39 is 24.5 Å². The molecule has 5 heteroatoms. The van der Waals surface area contributed by atoms with E-state index in [4.69, 9.17) is 10.8 Å². The molecule has 0 fully saturated rings. The van der Waals surface area contributed by atoms with Crippen molar-refractivity contribution in [2.45, 2.75) is 12.5 Å². The normalized spacial score (nSPS) is 12.1. The second-order valence-electron chi connectivity index (χ2n) is 3.41. The van der Waals surface area contributed by atoms with Crippen molar-refractivity contribution >= 4 is 11.8 Å². The molecule has 1 rings (SSSR count). The molecule has 3 N–H and O–H groups in total. The number of hydrogen-bond acceptors (Lipinski definition) is 3. The van der Waals surface area contributed by atoms with Crippen LogP contribution in [-0.4, -0.2) is 29.6 Å². The lowest BCUT2D eigenvalue weighted by molar-refractivity contribution is -0.138. The first-order chi connectivity index (χ1) is 7.54. The molecule has 0 spiro atoms. The Labute approximate surface area is 91.9 Å². The largest absolute Gasteiger partial charge is 0.480 e. The molecular formula is C11H12FNO3. The number of carboxylic acid groups (broad SMARTS) is 1. The number of ketones is 1. The second-order valence-corrected chi connectivity index (χ2v) is 3.41. The van der Waals surface area contributed by atoms with E-state index in [0.717, 1.165) is 0 Å². The van der Waals surface area contributed by atoms with Gasteiger partial charge in [0.05, 0.1) is 0 Å². The van der Waals surface area contributed by atoms with Gasteiger partial charge in [-0.05, 0) is 18.1 Å². The lowest BCUT2D eigenvalue weighted by Crippen LogP contribution is -2.32. The van der Waals surface area contributed by atoms with Crippen molar-refractivity contribution in [3.05, 3.63) is 35.4 Å². The summed E-state index contributed by atoms with van der Waals surface area (Å²) in [5.41, 5.74) is 6.19. The van der Waals surface area contributed by atoms with Crippen molar-refractivity contribution in [2.75, 3.05) is 6.67 Å². The molecule has 1 unspecified atom stereocenters. The molecule has 1 aromatic carbocycles. The van der Waals surface area contributed by atoms with Crippen molar-refractivity contribution in [1.29, 1.82) is 0 Å². The summed E-state index contributed by atoms with van der Waals surface area (Å²) in [6.07, 6.45) is 0.114. The number of aliphatic carboxylic acids is 1. The third-order valence-corrected chi connectivity index (χ3v) is 2.14. The van der Waals surface area contributed by atoms with Gasteiger partial charge >= 0.3 is 5.97 Å². The highest BCUT2D eigenvalue weighted by Gasteiger charge is 2.13. The van der Waals surface area contributed by atoms with Gasteiger partial charge < -0.3 is 10.8 Å². The molecule has 0 aliphatic heterocycles. The molecule has 0 heterocycles. The number of alkyl halides is 1. The van der Waals surface area contributed by atoms with Crippen molar-refractivity contribution in [2.24, 2.45) is 5.73 Å². The van der Waals surface area contributed by atoms with E-state index >= 15 is 0 Å². The van der Waals surface area contributed by atoms with E-state index in [1.807, 2.05) is 0 Å². The van der Waals surface area contributed by atoms with E-state index in [-0.39, 0.29) is 12.0 Å². The van der Waals surface area contributed by atoms with Crippen LogP contribution in [0.1, 0.15) is 15.9 Å². The van der Waals surface area contributed by atoms with Crippen LogP contribution in [0.5, 0.6) is 0 Å². The number of rotatable bonds is 5. The van der Waals surface area contributed by atoms with Crippen molar-refractivity contribution in [3.8, 4) is 0 Å². The summed E-state index contributed by atoms with van der Waals surface area (Å²) in [6.45, 7) is -1.06. The quantitative estimate of drug-likeness (QED) is 0.726. The van der Waals surface area contributed by atoms with E-state index in [0.29, 0.717) is 5.56 Å². The summed E-state index contributed by atoms with van der Waals surface area (Å²) >= 11 is 0. The number of carbonyl (C=O) groups excluding carboxylic acids is 1. The average Bonchev–Trinajstić information content (AvgIpc) is 2.28. The zero-order valence-electron chi connectivity index (χ0n) is 8.52. The van der Waals surface area contributed by atoms with Crippen LogP contribution in [0.15, 0.2) is 24.3 Å². The fraction of sp³-hybridized carbons (Fsp3) is 0.273. The number of carboxylic acids is 1. The maximum atomic E-state index is 12.1. The molecule has 0 saturated carbocycles.